The monoisotopic (exact) mass is 225 g/mol. The molecule has 0 aliphatic heterocycles. The molecule has 2 fully saturated rings. The molecule has 2 nitrogen and oxygen atoms in total. The Kier molecular flexibility index (Phi) is 4.26. The van der Waals surface area contributed by atoms with Crippen molar-refractivity contribution in [3.05, 3.63) is 0 Å². The van der Waals surface area contributed by atoms with E-state index in [9.17, 15) is 0 Å². The molecule has 0 amide bonds. The van der Waals surface area contributed by atoms with Gasteiger partial charge < -0.3 is 10.1 Å². The summed E-state index contributed by atoms with van der Waals surface area (Å²) in [4.78, 5) is 0. The molecule has 0 aromatic carbocycles. The van der Waals surface area contributed by atoms with E-state index in [-0.39, 0.29) is 0 Å². The molecule has 0 bridgehead atoms. The quantitative estimate of drug-likeness (QED) is 0.685. The van der Waals surface area contributed by atoms with E-state index in [1.807, 2.05) is 7.11 Å². The van der Waals surface area contributed by atoms with Gasteiger partial charge in [0.1, 0.15) is 0 Å². The molecule has 2 aliphatic rings. The van der Waals surface area contributed by atoms with E-state index in [1.54, 1.807) is 0 Å². The maximum absolute atomic E-state index is 5.19. The van der Waals surface area contributed by atoms with Gasteiger partial charge in [-0.05, 0) is 43.9 Å². The first-order valence-electron chi connectivity index (χ1n) is 6.96. The molecule has 0 saturated heterocycles. The summed E-state index contributed by atoms with van der Waals surface area (Å²) in [6.07, 6.45) is 9.85. The molecule has 2 heteroatoms. The second kappa shape index (κ2) is 5.50. The summed E-state index contributed by atoms with van der Waals surface area (Å²) in [6.45, 7) is 4.49. The van der Waals surface area contributed by atoms with Crippen LogP contribution in [0, 0.1) is 11.3 Å². The predicted octanol–water partition coefficient (Wildman–Crippen LogP) is 2.97. The minimum absolute atomic E-state index is 0.601. The lowest BCUT2D eigenvalue weighted by atomic mass is 9.81. The Balaban J connectivity index is 1.58. The van der Waals surface area contributed by atoms with Crippen LogP contribution in [-0.2, 0) is 4.74 Å². The Bertz CT molecular complexity index is 209. The van der Waals surface area contributed by atoms with Crippen LogP contribution in [0.5, 0.6) is 0 Å². The van der Waals surface area contributed by atoms with Crippen molar-refractivity contribution in [3.63, 3.8) is 0 Å². The first-order valence-corrected chi connectivity index (χ1v) is 6.96. The van der Waals surface area contributed by atoms with Crippen LogP contribution in [-0.4, -0.2) is 26.3 Å². The molecule has 0 radical (unpaired) electrons. The smallest absolute Gasteiger partial charge is 0.0468 e. The second-order valence-electron chi connectivity index (χ2n) is 6.06. The average Bonchev–Trinajstić information content (AvgIpc) is 2.99. The van der Waals surface area contributed by atoms with Crippen LogP contribution in [0.3, 0.4) is 0 Å². The summed E-state index contributed by atoms with van der Waals surface area (Å²) in [5, 5.41) is 3.74. The van der Waals surface area contributed by atoms with Crippen LogP contribution in [0.4, 0.5) is 0 Å². The number of hydrogen-bond acceptors (Lipinski definition) is 2. The third-order valence-corrected chi connectivity index (χ3v) is 4.53. The maximum atomic E-state index is 5.19. The molecular weight excluding hydrogens is 198 g/mol. The average molecular weight is 225 g/mol. The van der Waals surface area contributed by atoms with Crippen molar-refractivity contribution in [2.24, 2.45) is 11.3 Å². The fourth-order valence-electron chi connectivity index (χ4n) is 2.71. The van der Waals surface area contributed by atoms with E-state index in [4.69, 9.17) is 4.74 Å². The number of methoxy groups -OCH3 is 1. The minimum Gasteiger partial charge on any atom is -0.385 e. The molecule has 16 heavy (non-hydrogen) atoms. The van der Waals surface area contributed by atoms with Crippen LogP contribution in [0.1, 0.15) is 51.9 Å². The van der Waals surface area contributed by atoms with Crippen molar-refractivity contribution in [3.8, 4) is 0 Å². The third kappa shape index (κ3) is 3.46. The lowest BCUT2D eigenvalue weighted by molar-refractivity contribution is 0.169. The highest BCUT2D eigenvalue weighted by Crippen LogP contribution is 2.48. The van der Waals surface area contributed by atoms with Crippen LogP contribution in [0.25, 0.3) is 0 Å². The van der Waals surface area contributed by atoms with Gasteiger partial charge >= 0.3 is 0 Å². The minimum atomic E-state index is 0.601. The highest BCUT2D eigenvalue weighted by atomic mass is 16.5. The number of rotatable bonds is 8. The van der Waals surface area contributed by atoms with Gasteiger partial charge in [0.15, 0.2) is 0 Å². The molecule has 2 saturated carbocycles. The van der Waals surface area contributed by atoms with Crippen molar-refractivity contribution in [2.75, 3.05) is 20.3 Å². The summed E-state index contributed by atoms with van der Waals surface area (Å²) in [5.41, 5.74) is 0.601. The van der Waals surface area contributed by atoms with Gasteiger partial charge in [-0.2, -0.15) is 0 Å². The molecule has 0 heterocycles. The van der Waals surface area contributed by atoms with Gasteiger partial charge in [0.25, 0.3) is 0 Å². The van der Waals surface area contributed by atoms with Crippen LogP contribution < -0.4 is 5.32 Å². The highest BCUT2D eigenvalue weighted by molar-refractivity contribution is 4.95. The van der Waals surface area contributed by atoms with E-state index in [0.717, 1.165) is 12.5 Å². The Hall–Kier alpha value is -0.0800. The summed E-state index contributed by atoms with van der Waals surface area (Å²) in [7, 11) is 1.81. The summed E-state index contributed by atoms with van der Waals surface area (Å²) in [5.74, 6) is 1.02. The van der Waals surface area contributed by atoms with Crippen molar-refractivity contribution in [2.45, 2.75) is 57.9 Å². The Morgan fingerprint density at radius 2 is 2.12 bits per heavy atom. The van der Waals surface area contributed by atoms with Gasteiger partial charge in [-0.3, -0.25) is 0 Å². The van der Waals surface area contributed by atoms with Crippen LogP contribution in [0.15, 0.2) is 0 Å². The maximum Gasteiger partial charge on any atom is 0.0468 e. The molecule has 1 N–H and O–H groups in total. The van der Waals surface area contributed by atoms with E-state index >= 15 is 0 Å². The first-order chi connectivity index (χ1) is 7.74. The van der Waals surface area contributed by atoms with Crippen LogP contribution in [0.2, 0.25) is 0 Å². The van der Waals surface area contributed by atoms with Gasteiger partial charge in [0.05, 0.1) is 0 Å². The Labute approximate surface area is 100 Å². The van der Waals surface area contributed by atoms with Crippen molar-refractivity contribution in [1.29, 1.82) is 0 Å². The Morgan fingerprint density at radius 1 is 1.38 bits per heavy atom. The topological polar surface area (TPSA) is 21.3 Å². The van der Waals surface area contributed by atoms with Crippen molar-refractivity contribution >= 4 is 0 Å². The summed E-state index contributed by atoms with van der Waals surface area (Å²) < 4.78 is 5.19. The largest absolute Gasteiger partial charge is 0.385 e. The van der Waals surface area contributed by atoms with E-state index in [0.29, 0.717) is 11.5 Å². The zero-order chi connectivity index (χ0) is 11.4. The molecule has 1 unspecified atom stereocenters. The first kappa shape index (κ1) is 12.4. The highest BCUT2D eigenvalue weighted by Gasteiger charge is 2.41. The zero-order valence-corrected chi connectivity index (χ0v) is 10.9. The van der Waals surface area contributed by atoms with Crippen molar-refractivity contribution < 1.29 is 4.74 Å². The molecular formula is C14H27NO. The van der Waals surface area contributed by atoms with E-state index in [2.05, 4.69) is 12.2 Å². The standard InChI is InChI=1S/C14H27NO/c1-12(10-13-4-3-5-13)15-11-14(6-7-14)8-9-16-2/h12-13,15H,3-11H2,1-2H3. The summed E-state index contributed by atoms with van der Waals surface area (Å²) >= 11 is 0. The van der Waals surface area contributed by atoms with Gasteiger partial charge in [-0.1, -0.05) is 19.3 Å². The van der Waals surface area contributed by atoms with Crippen LogP contribution >= 0.6 is 0 Å². The van der Waals surface area contributed by atoms with Gasteiger partial charge in [0, 0.05) is 26.3 Å². The van der Waals surface area contributed by atoms with Crippen molar-refractivity contribution in [1.82, 2.24) is 5.32 Å². The molecule has 2 rings (SSSR count). The number of ether oxygens (including phenoxy) is 1. The normalized spacial score (nSPS) is 25.1. The molecule has 94 valence electrons. The zero-order valence-electron chi connectivity index (χ0n) is 10.9. The Morgan fingerprint density at radius 3 is 2.62 bits per heavy atom. The lowest BCUT2D eigenvalue weighted by Crippen LogP contribution is -2.35. The number of hydrogen-bond donors (Lipinski definition) is 1. The fraction of sp³-hybridized carbons (Fsp3) is 1.00. The SMILES string of the molecule is COCCC1(CNC(C)CC2CCC2)CC1. The summed E-state index contributed by atoms with van der Waals surface area (Å²) in [6, 6.07) is 0.713. The molecule has 0 aromatic heterocycles. The van der Waals surface area contributed by atoms with Gasteiger partial charge in [-0.15, -0.1) is 0 Å². The molecule has 1 atom stereocenters. The fourth-order valence-corrected chi connectivity index (χ4v) is 2.71. The second-order valence-corrected chi connectivity index (χ2v) is 6.06. The molecule has 0 aromatic rings. The lowest BCUT2D eigenvalue weighted by Gasteiger charge is -2.29. The van der Waals surface area contributed by atoms with Gasteiger partial charge in [0.2, 0.25) is 0 Å². The number of nitrogens with one attached hydrogen (secondary N) is 1. The van der Waals surface area contributed by atoms with Gasteiger partial charge in [-0.25, -0.2) is 0 Å². The van der Waals surface area contributed by atoms with E-state index < -0.39 is 0 Å². The molecule has 2 aliphatic carbocycles. The molecule has 0 spiro atoms. The van der Waals surface area contributed by atoms with E-state index in [1.165, 1.54) is 51.5 Å². The predicted molar refractivity (Wildman–Crippen MR) is 67.6 cm³/mol. The third-order valence-electron chi connectivity index (χ3n) is 4.53.